The monoisotopic (exact) mass is 289 g/mol. The van der Waals surface area contributed by atoms with Crippen LogP contribution in [0, 0.1) is 5.92 Å². The third kappa shape index (κ3) is 1.78. The Hall–Kier alpha value is -1.42. The summed E-state index contributed by atoms with van der Waals surface area (Å²) in [5.74, 6) is 0.666. The lowest BCUT2D eigenvalue weighted by molar-refractivity contribution is -0.130. The smallest absolute Gasteiger partial charge is 0.222 e. The van der Waals surface area contributed by atoms with E-state index in [4.69, 9.17) is 11.6 Å². The maximum Gasteiger partial charge on any atom is 0.222 e. The molecule has 2 saturated heterocycles. The van der Waals surface area contributed by atoms with Crippen LogP contribution in [0.4, 0.5) is 0 Å². The average molecular weight is 290 g/mol. The molecule has 4 rings (SSSR count). The predicted molar refractivity (Wildman–Crippen MR) is 76.9 cm³/mol. The van der Waals surface area contributed by atoms with E-state index in [-0.39, 0.29) is 0 Å². The van der Waals surface area contributed by atoms with Crippen molar-refractivity contribution in [2.24, 2.45) is 10.9 Å². The summed E-state index contributed by atoms with van der Waals surface area (Å²) in [6.07, 6.45) is 5.71. The van der Waals surface area contributed by atoms with Gasteiger partial charge in [-0.05, 0) is 25.3 Å². The van der Waals surface area contributed by atoms with Gasteiger partial charge in [0.15, 0.2) is 0 Å². The van der Waals surface area contributed by atoms with Crippen molar-refractivity contribution in [2.45, 2.75) is 38.3 Å². The minimum Gasteiger partial charge on any atom is -0.339 e. The third-order valence-electron chi connectivity index (χ3n) is 4.79. The molecule has 1 aromatic heterocycles. The van der Waals surface area contributed by atoms with Crippen LogP contribution in [-0.4, -0.2) is 34.1 Å². The highest BCUT2D eigenvalue weighted by molar-refractivity contribution is 6.31. The highest BCUT2D eigenvalue weighted by atomic mass is 35.5. The highest BCUT2D eigenvalue weighted by Gasteiger charge is 2.39. The first-order valence-electron chi connectivity index (χ1n) is 7.21. The van der Waals surface area contributed by atoms with Crippen molar-refractivity contribution in [1.82, 2.24) is 9.88 Å². The number of hydrogen-bond acceptors (Lipinski definition) is 3. The van der Waals surface area contributed by atoms with Crippen molar-refractivity contribution >= 4 is 23.2 Å². The number of carbonyl (C=O) groups excluding carboxylic acids is 1. The molecule has 104 valence electrons. The highest BCUT2D eigenvalue weighted by Crippen LogP contribution is 2.35. The van der Waals surface area contributed by atoms with Crippen LogP contribution in [0.15, 0.2) is 17.3 Å². The number of rotatable bonds is 1. The van der Waals surface area contributed by atoms with E-state index in [1.165, 1.54) is 0 Å². The fraction of sp³-hybridized carbons (Fsp3) is 0.533. The quantitative estimate of drug-likeness (QED) is 0.746. The molecule has 5 heteroatoms. The number of pyridine rings is 1. The molecule has 0 radical (unpaired) electrons. The largest absolute Gasteiger partial charge is 0.339 e. The molecular formula is C15H16ClN3O. The zero-order valence-electron chi connectivity index (χ0n) is 11.2. The molecular weight excluding hydrogens is 274 g/mol. The van der Waals surface area contributed by atoms with Gasteiger partial charge in [-0.2, -0.15) is 0 Å². The zero-order valence-corrected chi connectivity index (χ0v) is 11.9. The molecule has 0 aliphatic carbocycles. The van der Waals surface area contributed by atoms with Crippen LogP contribution in [-0.2, 0) is 11.3 Å². The maximum absolute atomic E-state index is 11.9. The second kappa shape index (κ2) is 4.55. The molecule has 3 aliphatic rings. The van der Waals surface area contributed by atoms with Crippen molar-refractivity contribution in [1.29, 1.82) is 0 Å². The van der Waals surface area contributed by atoms with Gasteiger partial charge in [-0.1, -0.05) is 11.6 Å². The van der Waals surface area contributed by atoms with Crippen LogP contribution in [0.5, 0.6) is 0 Å². The van der Waals surface area contributed by atoms with Crippen LogP contribution in [0.1, 0.15) is 36.8 Å². The third-order valence-corrected chi connectivity index (χ3v) is 5.12. The minimum absolute atomic E-state index is 0.311. The van der Waals surface area contributed by atoms with Gasteiger partial charge in [-0.15, -0.1) is 0 Å². The number of halogens is 1. The summed E-state index contributed by atoms with van der Waals surface area (Å²) in [6.45, 7) is 1.45. The molecule has 0 aromatic carbocycles. The summed E-state index contributed by atoms with van der Waals surface area (Å²) < 4.78 is 0. The van der Waals surface area contributed by atoms with Gasteiger partial charge in [0.2, 0.25) is 5.91 Å². The molecule has 0 spiro atoms. The lowest BCUT2D eigenvalue weighted by Gasteiger charge is -2.35. The fourth-order valence-corrected chi connectivity index (χ4v) is 3.96. The molecule has 0 N–H and O–H groups in total. The van der Waals surface area contributed by atoms with Crippen LogP contribution >= 0.6 is 11.6 Å². The second-order valence-electron chi connectivity index (χ2n) is 5.84. The molecule has 1 aromatic rings. The Kier molecular flexibility index (Phi) is 2.81. The Bertz CT molecular complexity index is 613. The first-order chi connectivity index (χ1) is 9.74. The molecule has 2 atom stereocenters. The van der Waals surface area contributed by atoms with E-state index in [2.05, 4.69) is 14.9 Å². The fourth-order valence-electron chi connectivity index (χ4n) is 3.75. The van der Waals surface area contributed by atoms with Gasteiger partial charge in [-0.25, -0.2) is 4.98 Å². The number of piperidine rings is 1. The van der Waals surface area contributed by atoms with E-state index in [1.54, 1.807) is 6.20 Å². The maximum atomic E-state index is 11.9. The summed E-state index contributed by atoms with van der Waals surface area (Å²) in [5, 5.41) is 0.562. The summed E-state index contributed by atoms with van der Waals surface area (Å²) in [7, 11) is 0. The van der Waals surface area contributed by atoms with Gasteiger partial charge in [0.1, 0.15) is 5.15 Å². The van der Waals surface area contributed by atoms with Crippen LogP contribution in [0.25, 0.3) is 0 Å². The van der Waals surface area contributed by atoms with Crippen LogP contribution in [0.2, 0.25) is 5.15 Å². The molecule has 3 aliphatic heterocycles. The summed E-state index contributed by atoms with van der Waals surface area (Å²) in [5.41, 5.74) is 3.31. The first kappa shape index (κ1) is 12.3. The van der Waals surface area contributed by atoms with Crippen molar-refractivity contribution in [3.8, 4) is 0 Å². The number of nitrogens with zero attached hydrogens (tertiary/aromatic N) is 3. The van der Waals surface area contributed by atoms with E-state index in [9.17, 15) is 4.79 Å². The Balaban J connectivity index is 1.61. The minimum atomic E-state index is 0.311. The summed E-state index contributed by atoms with van der Waals surface area (Å²) in [4.78, 5) is 22.8. The standard InChI is InChI=1S/C15H16ClN3O/c16-15-12-7-18-14(11(12)5-6-17-15)9-1-2-10-3-4-13(20)19(10)8-9/h5-6,9-10H,1-4,7-8H2/t9-,10+/m1/s1. The zero-order chi connectivity index (χ0) is 13.7. The molecule has 0 bridgehead atoms. The van der Waals surface area contributed by atoms with E-state index >= 15 is 0 Å². The molecule has 2 fully saturated rings. The predicted octanol–water partition coefficient (Wildman–Crippen LogP) is 2.44. The van der Waals surface area contributed by atoms with Crippen molar-refractivity contribution in [2.75, 3.05) is 6.54 Å². The van der Waals surface area contributed by atoms with Gasteiger partial charge in [-0.3, -0.25) is 9.79 Å². The lowest BCUT2D eigenvalue weighted by atomic mass is 9.87. The Morgan fingerprint density at radius 1 is 1.30 bits per heavy atom. The number of hydrogen-bond donors (Lipinski definition) is 0. The van der Waals surface area contributed by atoms with Gasteiger partial charge < -0.3 is 4.90 Å². The average Bonchev–Trinajstić information content (AvgIpc) is 3.04. The topological polar surface area (TPSA) is 45.6 Å². The van der Waals surface area contributed by atoms with Crippen molar-refractivity contribution < 1.29 is 4.79 Å². The molecule has 0 unspecified atom stereocenters. The van der Waals surface area contributed by atoms with Gasteiger partial charge >= 0.3 is 0 Å². The molecule has 4 nitrogen and oxygen atoms in total. The van der Waals surface area contributed by atoms with E-state index in [1.807, 2.05) is 6.07 Å². The molecule has 1 amide bonds. The van der Waals surface area contributed by atoms with Crippen molar-refractivity contribution in [3.63, 3.8) is 0 Å². The van der Waals surface area contributed by atoms with Crippen molar-refractivity contribution in [3.05, 3.63) is 28.5 Å². The SMILES string of the molecule is O=C1CC[C@@H]2CC[C@@H](C3=NCc4c3ccnc4Cl)CN12. The van der Waals surface area contributed by atoms with E-state index in [0.29, 0.717) is 29.6 Å². The molecule has 4 heterocycles. The lowest BCUT2D eigenvalue weighted by Crippen LogP contribution is -2.43. The number of aromatic nitrogens is 1. The van der Waals surface area contributed by atoms with E-state index < -0.39 is 0 Å². The summed E-state index contributed by atoms with van der Waals surface area (Å²) >= 11 is 6.14. The van der Waals surface area contributed by atoms with Gasteiger partial charge in [0.25, 0.3) is 0 Å². The Labute approximate surface area is 122 Å². The number of carbonyl (C=O) groups is 1. The Morgan fingerprint density at radius 2 is 2.20 bits per heavy atom. The number of amides is 1. The van der Waals surface area contributed by atoms with Crippen LogP contribution < -0.4 is 0 Å². The van der Waals surface area contributed by atoms with Crippen LogP contribution in [0.3, 0.4) is 0 Å². The molecule has 0 saturated carbocycles. The van der Waals surface area contributed by atoms with Gasteiger partial charge in [0, 0.05) is 48.0 Å². The summed E-state index contributed by atoms with van der Waals surface area (Å²) in [6, 6.07) is 2.48. The first-order valence-corrected chi connectivity index (χ1v) is 7.59. The van der Waals surface area contributed by atoms with Gasteiger partial charge in [0.05, 0.1) is 6.54 Å². The van der Waals surface area contributed by atoms with E-state index in [0.717, 1.165) is 49.1 Å². The Morgan fingerprint density at radius 3 is 3.10 bits per heavy atom. The number of fused-ring (bicyclic) bond motifs is 2. The number of aliphatic imine (C=N–C) groups is 1. The normalized spacial score (nSPS) is 28.4. The molecule has 20 heavy (non-hydrogen) atoms. The second-order valence-corrected chi connectivity index (χ2v) is 6.20.